The van der Waals surface area contributed by atoms with E-state index in [0.717, 1.165) is 18.7 Å². The number of benzene rings is 1. The molecule has 0 bridgehead atoms. The maximum absolute atomic E-state index is 10.5. The monoisotopic (exact) mass is 228 g/mol. The molecule has 1 amide bonds. The number of rotatable bonds is 1. The maximum atomic E-state index is 10.5. The Balaban J connectivity index is 2.07. The summed E-state index contributed by atoms with van der Waals surface area (Å²) in [7, 11) is 0. The Morgan fingerprint density at radius 3 is 2.47 bits per heavy atom. The molecule has 2 rings (SSSR count). The molecule has 0 unspecified atom stereocenters. The smallest absolute Gasteiger partial charge is 0.293 e. The normalized spacial score (nSPS) is 16.0. The van der Waals surface area contributed by atoms with Gasteiger partial charge >= 0.3 is 0 Å². The lowest BCUT2D eigenvalue weighted by atomic mass is 9.90. The molecule has 17 heavy (non-hydrogen) atoms. The highest BCUT2D eigenvalue weighted by atomic mass is 16.1. The number of nitrogens with two attached hydrogens (primary N) is 1. The van der Waals surface area contributed by atoms with E-state index in [0.29, 0.717) is 5.92 Å². The summed E-state index contributed by atoms with van der Waals surface area (Å²) in [5, 5.41) is 3.35. The number of hydrogen-bond donors (Lipinski definition) is 2. The molecule has 1 aromatic rings. The summed E-state index contributed by atoms with van der Waals surface area (Å²) in [5.74, 6) is 5.13. The highest BCUT2D eigenvalue weighted by Gasteiger charge is 2.14. The van der Waals surface area contributed by atoms with Gasteiger partial charge in [-0.05, 0) is 55.5 Å². The van der Waals surface area contributed by atoms with Crippen molar-refractivity contribution in [3.63, 3.8) is 0 Å². The summed E-state index contributed by atoms with van der Waals surface area (Å²) in [6.07, 6.45) is 2.37. The fourth-order valence-electron chi connectivity index (χ4n) is 2.13. The van der Waals surface area contributed by atoms with E-state index in [-0.39, 0.29) is 0 Å². The van der Waals surface area contributed by atoms with E-state index in [1.54, 1.807) is 0 Å². The van der Waals surface area contributed by atoms with E-state index in [9.17, 15) is 4.79 Å². The minimum absolute atomic E-state index is 0.590. The van der Waals surface area contributed by atoms with Crippen molar-refractivity contribution in [2.75, 3.05) is 13.1 Å². The predicted molar refractivity (Wildman–Crippen MR) is 67.4 cm³/mol. The van der Waals surface area contributed by atoms with Crippen LogP contribution in [0.1, 0.15) is 29.9 Å². The first-order valence-corrected chi connectivity index (χ1v) is 5.88. The highest BCUT2D eigenvalue weighted by Crippen LogP contribution is 2.24. The Bertz CT molecular complexity index is 447. The van der Waals surface area contributed by atoms with Crippen LogP contribution in [0.15, 0.2) is 24.3 Å². The molecule has 3 N–H and O–H groups in total. The third-order valence-electron chi connectivity index (χ3n) is 3.05. The van der Waals surface area contributed by atoms with Crippen LogP contribution in [0.3, 0.4) is 0 Å². The number of amides is 1. The van der Waals surface area contributed by atoms with E-state index in [4.69, 9.17) is 5.73 Å². The quantitative estimate of drug-likeness (QED) is 0.704. The van der Waals surface area contributed by atoms with Gasteiger partial charge in [-0.15, -0.1) is 0 Å². The lowest BCUT2D eigenvalue weighted by Crippen LogP contribution is -2.26. The van der Waals surface area contributed by atoms with Crippen LogP contribution in [0.5, 0.6) is 0 Å². The van der Waals surface area contributed by atoms with E-state index in [2.05, 4.69) is 29.3 Å². The number of piperidine rings is 1. The van der Waals surface area contributed by atoms with Crippen LogP contribution < -0.4 is 11.1 Å². The zero-order valence-electron chi connectivity index (χ0n) is 9.70. The largest absolute Gasteiger partial charge is 0.359 e. The molecule has 1 aliphatic heterocycles. The zero-order valence-corrected chi connectivity index (χ0v) is 9.70. The second-order valence-electron chi connectivity index (χ2n) is 4.26. The second-order valence-corrected chi connectivity index (χ2v) is 4.26. The molecule has 1 aliphatic rings. The molecule has 1 aromatic carbocycles. The van der Waals surface area contributed by atoms with Gasteiger partial charge in [-0.1, -0.05) is 18.1 Å². The van der Waals surface area contributed by atoms with E-state index >= 15 is 0 Å². The van der Waals surface area contributed by atoms with Crippen molar-refractivity contribution in [2.45, 2.75) is 18.8 Å². The fourth-order valence-corrected chi connectivity index (χ4v) is 2.13. The van der Waals surface area contributed by atoms with Crippen molar-refractivity contribution in [1.82, 2.24) is 5.32 Å². The Labute approximate surface area is 101 Å². The first-order chi connectivity index (χ1) is 8.25. The molecular weight excluding hydrogens is 212 g/mol. The number of carbonyl (C=O) groups is 1. The SMILES string of the molecule is NC(=O)C#Cc1ccc(C2CCNCC2)cc1. The van der Waals surface area contributed by atoms with E-state index < -0.39 is 5.91 Å². The van der Waals surface area contributed by atoms with Crippen molar-refractivity contribution >= 4 is 5.91 Å². The molecule has 0 aliphatic carbocycles. The summed E-state index contributed by atoms with van der Waals surface area (Å²) >= 11 is 0. The van der Waals surface area contributed by atoms with Gasteiger partial charge in [0.15, 0.2) is 0 Å². The Morgan fingerprint density at radius 2 is 1.88 bits per heavy atom. The summed E-state index contributed by atoms with van der Waals surface area (Å²) in [6.45, 7) is 2.18. The Hall–Kier alpha value is -1.79. The highest BCUT2D eigenvalue weighted by molar-refractivity contribution is 5.92. The number of carbonyl (C=O) groups excluding carboxylic acids is 1. The molecule has 88 valence electrons. The minimum atomic E-state index is -0.590. The first kappa shape index (κ1) is 11.7. The lowest BCUT2D eigenvalue weighted by molar-refractivity contribution is -0.112. The summed E-state index contributed by atoms with van der Waals surface area (Å²) in [4.78, 5) is 10.5. The maximum Gasteiger partial charge on any atom is 0.293 e. The molecular formula is C14H16N2O. The van der Waals surface area contributed by atoms with Crippen molar-refractivity contribution in [1.29, 1.82) is 0 Å². The summed E-state index contributed by atoms with van der Waals surface area (Å²) < 4.78 is 0. The Morgan fingerprint density at radius 1 is 1.24 bits per heavy atom. The lowest BCUT2D eigenvalue weighted by Gasteiger charge is -2.22. The number of hydrogen-bond acceptors (Lipinski definition) is 2. The molecule has 3 heteroatoms. The fraction of sp³-hybridized carbons (Fsp3) is 0.357. The number of primary amides is 1. The van der Waals surface area contributed by atoms with Gasteiger partial charge in [-0.2, -0.15) is 0 Å². The molecule has 1 fully saturated rings. The van der Waals surface area contributed by atoms with Crippen LogP contribution in [-0.2, 0) is 4.79 Å². The average molecular weight is 228 g/mol. The molecule has 0 radical (unpaired) electrons. The van der Waals surface area contributed by atoms with Gasteiger partial charge in [0.05, 0.1) is 0 Å². The molecule has 1 saturated heterocycles. The van der Waals surface area contributed by atoms with Gasteiger partial charge in [0.25, 0.3) is 5.91 Å². The Kier molecular flexibility index (Phi) is 3.79. The number of nitrogens with one attached hydrogen (secondary N) is 1. The van der Waals surface area contributed by atoms with Crippen LogP contribution in [0.4, 0.5) is 0 Å². The molecule has 0 saturated carbocycles. The van der Waals surface area contributed by atoms with Gasteiger partial charge < -0.3 is 11.1 Å². The van der Waals surface area contributed by atoms with Crippen LogP contribution >= 0.6 is 0 Å². The van der Waals surface area contributed by atoms with Crippen molar-refractivity contribution in [3.05, 3.63) is 35.4 Å². The van der Waals surface area contributed by atoms with Gasteiger partial charge in [0, 0.05) is 5.56 Å². The van der Waals surface area contributed by atoms with E-state index in [1.807, 2.05) is 12.1 Å². The minimum Gasteiger partial charge on any atom is -0.359 e. The standard InChI is InChI=1S/C14H16N2O/c15-14(17)6-3-11-1-4-12(5-2-11)13-7-9-16-10-8-13/h1-2,4-5,13,16H,7-10H2,(H2,15,17). The van der Waals surface area contributed by atoms with Crippen LogP contribution in [0, 0.1) is 11.8 Å². The van der Waals surface area contributed by atoms with Crippen molar-refractivity contribution in [2.24, 2.45) is 5.73 Å². The topological polar surface area (TPSA) is 55.1 Å². The second kappa shape index (κ2) is 5.51. The van der Waals surface area contributed by atoms with Crippen LogP contribution in [0.25, 0.3) is 0 Å². The molecule has 0 aromatic heterocycles. The van der Waals surface area contributed by atoms with Gasteiger partial charge in [0.1, 0.15) is 0 Å². The molecule has 3 nitrogen and oxygen atoms in total. The zero-order chi connectivity index (χ0) is 12.1. The van der Waals surface area contributed by atoms with Gasteiger partial charge in [-0.3, -0.25) is 4.79 Å². The van der Waals surface area contributed by atoms with Crippen molar-refractivity contribution < 1.29 is 4.79 Å². The summed E-state index contributed by atoms with van der Waals surface area (Å²) in [5.41, 5.74) is 7.16. The predicted octanol–water partition coefficient (Wildman–Crippen LogP) is 0.990. The van der Waals surface area contributed by atoms with E-state index in [1.165, 1.54) is 18.4 Å². The molecule has 1 heterocycles. The first-order valence-electron chi connectivity index (χ1n) is 5.88. The van der Waals surface area contributed by atoms with Gasteiger partial charge in [-0.25, -0.2) is 0 Å². The van der Waals surface area contributed by atoms with Crippen LogP contribution in [-0.4, -0.2) is 19.0 Å². The van der Waals surface area contributed by atoms with Crippen molar-refractivity contribution in [3.8, 4) is 11.8 Å². The average Bonchev–Trinajstić information content (AvgIpc) is 2.38. The third-order valence-corrected chi connectivity index (χ3v) is 3.05. The van der Waals surface area contributed by atoms with Gasteiger partial charge in [0.2, 0.25) is 0 Å². The third kappa shape index (κ3) is 3.33. The molecule has 0 atom stereocenters. The van der Waals surface area contributed by atoms with Crippen LogP contribution in [0.2, 0.25) is 0 Å². The summed E-state index contributed by atoms with van der Waals surface area (Å²) in [6, 6.07) is 8.10. The molecule has 0 spiro atoms.